The summed E-state index contributed by atoms with van der Waals surface area (Å²) in [6.07, 6.45) is 4.09. The van der Waals surface area contributed by atoms with Crippen molar-refractivity contribution in [1.29, 1.82) is 0 Å². The van der Waals surface area contributed by atoms with E-state index in [1.807, 2.05) is 12.1 Å². The van der Waals surface area contributed by atoms with Crippen LogP contribution in [0, 0.1) is 5.82 Å². The third-order valence-corrected chi connectivity index (χ3v) is 8.73. The Morgan fingerprint density at radius 2 is 1.54 bits per heavy atom. The van der Waals surface area contributed by atoms with Gasteiger partial charge in [0.2, 0.25) is 0 Å². The molecule has 2 unspecified atom stereocenters. The minimum atomic E-state index is -0.401. The van der Waals surface area contributed by atoms with Crippen molar-refractivity contribution in [3.05, 3.63) is 130 Å². The molecule has 0 aliphatic carbocycles. The molecule has 0 aromatic heterocycles. The van der Waals surface area contributed by atoms with Crippen molar-refractivity contribution in [2.45, 2.75) is 44.7 Å². The van der Waals surface area contributed by atoms with E-state index in [9.17, 15) is 9.18 Å². The molecule has 5 heteroatoms. The second-order valence-corrected chi connectivity index (χ2v) is 12.0. The summed E-state index contributed by atoms with van der Waals surface area (Å²) in [6, 6.07) is 29.9. The minimum absolute atomic E-state index is 0.133. The van der Waals surface area contributed by atoms with Crippen LogP contribution in [-0.2, 0) is 22.7 Å². The molecule has 0 heterocycles. The van der Waals surface area contributed by atoms with Gasteiger partial charge in [0, 0.05) is 29.8 Å². The fourth-order valence-corrected chi connectivity index (χ4v) is 6.87. The first-order valence-electron chi connectivity index (χ1n) is 13.3. The number of carbonyl (C=O) groups excluding carboxylic acids is 1. The molecule has 202 valence electrons. The Balaban J connectivity index is 1.89. The highest BCUT2D eigenvalue weighted by atomic mass is 31.1. The van der Waals surface area contributed by atoms with E-state index in [2.05, 4.69) is 74.5 Å². The smallest absolute Gasteiger partial charge is 0.188 e. The molecular weight excluding hydrogens is 506 g/mol. The van der Waals surface area contributed by atoms with Crippen molar-refractivity contribution in [1.82, 2.24) is 0 Å². The van der Waals surface area contributed by atoms with Gasteiger partial charge >= 0.3 is 0 Å². The van der Waals surface area contributed by atoms with Gasteiger partial charge in [-0.2, -0.15) is 0 Å². The van der Waals surface area contributed by atoms with Crippen LogP contribution >= 0.6 is 8.58 Å². The first-order valence-corrected chi connectivity index (χ1v) is 14.3. The third-order valence-electron chi connectivity index (χ3n) is 6.93. The van der Waals surface area contributed by atoms with Gasteiger partial charge in [0.05, 0.1) is 0 Å². The summed E-state index contributed by atoms with van der Waals surface area (Å²) in [5, 5.41) is 0.518. The number of carbonyl (C=O) groups is 1. The Morgan fingerprint density at radius 3 is 2.15 bits per heavy atom. The molecule has 39 heavy (non-hydrogen) atoms. The summed E-state index contributed by atoms with van der Waals surface area (Å²) in [5.41, 5.74) is 6.24. The van der Waals surface area contributed by atoms with E-state index >= 15 is 0 Å². The van der Waals surface area contributed by atoms with Gasteiger partial charge in [-0.05, 0) is 52.5 Å². The second-order valence-electron chi connectivity index (χ2n) is 10.1. The van der Waals surface area contributed by atoms with Gasteiger partial charge in [0.15, 0.2) is 13.1 Å². The SMILES string of the molecule is CCCC(C)(Pc1ccc(F)cc1C=O)c1cc(Cc2ccccc2)cc(Cc2ccccc2)c1OCOC. The monoisotopic (exact) mass is 542 g/mol. The lowest BCUT2D eigenvalue weighted by Crippen LogP contribution is -2.23. The van der Waals surface area contributed by atoms with Crippen molar-refractivity contribution in [3.8, 4) is 5.75 Å². The predicted octanol–water partition coefficient (Wildman–Crippen LogP) is 7.82. The van der Waals surface area contributed by atoms with E-state index in [0.29, 0.717) is 5.56 Å². The topological polar surface area (TPSA) is 35.5 Å². The standard InChI is InChI=1S/C34H36FO3P/c1-4-17-34(2,39-32-16-15-30(35)22-29(32)23-36)31-21-27(18-25-11-7-5-8-12-25)20-28(33(31)38-24-37-3)19-26-13-9-6-10-14-26/h5-16,20-23,39H,4,17-19,24H2,1-3H3. The van der Waals surface area contributed by atoms with Gasteiger partial charge in [-0.25, -0.2) is 4.39 Å². The highest BCUT2D eigenvalue weighted by Gasteiger charge is 2.32. The lowest BCUT2D eigenvalue weighted by Gasteiger charge is -2.34. The van der Waals surface area contributed by atoms with E-state index in [-0.39, 0.29) is 20.5 Å². The molecule has 0 saturated heterocycles. The second kappa shape index (κ2) is 13.6. The molecule has 0 saturated carbocycles. The normalized spacial score (nSPS) is 12.9. The Bertz CT molecular complexity index is 1370. The molecule has 0 amide bonds. The number of ether oxygens (including phenoxy) is 2. The zero-order valence-corrected chi connectivity index (χ0v) is 23.9. The van der Waals surface area contributed by atoms with Crippen molar-refractivity contribution in [3.63, 3.8) is 0 Å². The molecule has 0 spiro atoms. The quantitative estimate of drug-likeness (QED) is 0.0982. The molecule has 0 bridgehead atoms. The van der Waals surface area contributed by atoms with Crippen molar-refractivity contribution < 1.29 is 18.7 Å². The molecule has 4 rings (SSSR count). The van der Waals surface area contributed by atoms with E-state index < -0.39 is 5.82 Å². The summed E-state index contributed by atoms with van der Waals surface area (Å²) in [4.78, 5) is 11.9. The number of methoxy groups -OCH3 is 1. The van der Waals surface area contributed by atoms with Crippen LogP contribution in [0.25, 0.3) is 0 Å². The van der Waals surface area contributed by atoms with Crippen LogP contribution in [-0.4, -0.2) is 20.2 Å². The van der Waals surface area contributed by atoms with Crippen molar-refractivity contribution >= 4 is 20.2 Å². The Morgan fingerprint density at radius 1 is 0.872 bits per heavy atom. The first kappa shape index (κ1) is 28.7. The molecule has 0 radical (unpaired) electrons. The lowest BCUT2D eigenvalue weighted by atomic mass is 9.88. The molecule has 0 aliphatic heterocycles. The number of benzene rings is 4. The summed E-state index contributed by atoms with van der Waals surface area (Å²) in [5.74, 6) is 0.428. The zero-order valence-electron chi connectivity index (χ0n) is 22.9. The zero-order chi connectivity index (χ0) is 27.7. The van der Waals surface area contributed by atoms with Crippen LogP contribution in [0.4, 0.5) is 4.39 Å². The summed E-state index contributed by atoms with van der Waals surface area (Å²) >= 11 is 0. The third kappa shape index (κ3) is 7.41. The van der Waals surface area contributed by atoms with Crippen LogP contribution in [0.3, 0.4) is 0 Å². The summed E-state index contributed by atoms with van der Waals surface area (Å²) in [7, 11) is 1.87. The first-order chi connectivity index (χ1) is 19.0. The lowest BCUT2D eigenvalue weighted by molar-refractivity contribution is 0.0493. The van der Waals surface area contributed by atoms with E-state index in [1.54, 1.807) is 13.2 Å². The van der Waals surface area contributed by atoms with E-state index in [4.69, 9.17) is 9.47 Å². The van der Waals surface area contributed by atoms with Gasteiger partial charge in [-0.15, -0.1) is 0 Å². The predicted molar refractivity (Wildman–Crippen MR) is 159 cm³/mol. The molecule has 0 fully saturated rings. The van der Waals surface area contributed by atoms with Crippen molar-refractivity contribution in [2.75, 3.05) is 13.9 Å². The maximum Gasteiger partial charge on any atom is 0.188 e. The van der Waals surface area contributed by atoms with Crippen LogP contribution < -0.4 is 10.0 Å². The Labute approximate surface area is 233 Å². The maximum atomic E-state index is 14.0. The number of halogens is 1. The Hall–Kier alpha value is -3.33. The van der Waals surface area contributed by atoms with Gasteiger partial charge in [-0.1, -0.05) is 108 Å². The molecule has 4 aromatic carbocycles. The number of hydrogen-bond acceptors (Lipinski definition) is 3. The van der Waals surface area contributed by atoms with Gasteiger partial charge < -0.3 is 9.47 Å². The largest absolute Gasteiger partial charge is 0.467 e. The van der Waals surface area contributed by atoms with E-state index in [0.717, 1.165) is 54.2 Å². The highest BCUT2D eigenvalue weighted by Crippen LogP contribution is 2.50. The number of hydrogen-bond donors (Lipinski definition) is 0. The minimum Gasteiger partial charge on any atom is -0.467 e. The van der Waals surface area contributed by atoms with E-state index in [1.165, 1.54) is 28.8 Å². The average molecular weight is 543 g/mol. The number of aldehydes is 1. The average Bonchev–Trinajstić information content (AvgIpc) is 2.94. The molecule has 2 atom stereocenters. The fourth-order valence-electron chi connectivity index (χ4n) is 5.14. The maximum absolute atomic E-state index is 14.0. The molecule has 4 aromatic rings. The van der Waals surface area contributed by atoms with Crippen molar-refractivity contribution in [2.24, 2.45) is 0 Å². The molecule has 0 aliphatic rings. The van der Waals surface area contributed by atoms with Gasteiger partial charge in [-0.3, -0.25) is 4.79 Å². The highest BCUT2D eigenvalue weighted by molar-refractivity contribution is 7.48. The van der Waals surface area contributed by atoms with Crippen LogP contribution in [0.15, 0.2) is 91.0 Å². The Kier molecular flexibility index (Phi) is 10.0. The summed E-state index contributed by atoms with van der Waals surface area (Å²) in [6.45, 7) is 4.54. The van der Waals surface area contributed by atoms with Gasteiger partial charge in [0.25, 0.3) is 0 Å². The molecule has 3 nitrogen and oxygen atoms in total. The van der Waals surface area contributed by atoms with Crippen LogP contribution in [0.1, 0.15) is 64.9 Å². The molecule has 0 N–H and O–H groups in total. The molecular formula is C34H36FO3P. The summed E-state index contributed by atoms with van der Waals surface area (Å²) < 4.78 is 25.7. The van der Waals surface area contributed by atoms with Crippen LogP contribution in [0.5, 0.6) is 5.75 Å². The fraction of sp³-hybridized carbons (Fsp3) is 0.265. The van der Waals surface area contributed by atoms with Gasteiger partial charge in [0.1, 0.15) is 11.6 Å². The number of rotatable bonds is 13. The van der Waals surface area contributed by atoms with Crippen LogP contribution in [0.2, 0.25) is 0 Å².